The van der Waals surface area contributed by atoms with E-state index in [9.17, 15) is 4.79 Å². The van der Waals surface area contributed by atoms with Crippen molar-refractivity contribution in [3.8, 4) is 11.5 Å². The molecule has 0 N–H and O–H groups in total. The van der Waals surface area contributed by atoms with Crippen molar-refractivity contribution in [2.45, 2.75) is 18.9 Å². The van der Waals surface area contributed by atoms with E-state index < -0.39 is 7.12 Å². The first-order valence-electron chi connectivity index (χ1n) is 7.94. The van der Waals surface area contributed by atoms with Gasteiger partial charge in [0.25, 0.3) is 0 Å². The molecule has 0 amide bonds. The molecule has 0 radical (unpaired) electrons. The number of fused-ring (bicyclic) bond motifs is 2. The Balaban J connectivity index is 1.58. The molecule has 6 heteroatoms. The zero-order chi connectivity index (χ0) is 16.5. The number of hydrogen-bond donors (Lipinski definition) is 0. The third-order valence-electron chi connectivity index (χ3n) is 4.41. The summed E-state index contributed by atoms with van der Waals surface area (Å²) in [7, 11) is 0.987. The van der Waals surface area contributed by atoms with Gasteiger partial charge in [-0.05, 0) is 11.5 Å². The van der Waals surface area contributed by atoms with Gasteiger partial charge in [-0.15, -0.1) is 0 Å². The van der Waals surface area contributed by atoms with E-state index in [0.717, 1.165) is 28.1 Å². The van der Waals surface area contributed by atoms with E-state index in [1.807, 2.05) is 42.5 Å². The largest absolute Gasteiger partial charge is 0.563 e. The standard InChI is InChI=1S/C18H17BO5/c1-21-18(20)8-12-10-22-17-9-16-13(7-15(12)17)11-23-19(24-16)14-5-3-2-4-6-14/h2-7,9,12H,8,10-11H2,1H3. The molecule has 2 aromatic carbocycles. The van der Waals surface area contributed by atoms with Crippen LogP contribution in [0.2, 0.25) is 0 Å². The minimum atomic E-state index is -0.413. The maximum absolute atomic E-state index is 11.5. The Bertz CT molecular complexity index is 762. The number of methoxy groups -OCH3 is 1. The Morgan fingerprint density at radius 3 is 2.88 bits per heavy atom. The highest BCUT2D eigenvalue weighted by Gasteiger charge is 2.33. The van der Waals surface area contributed by atoms with Gasteiger partial charge in [0.2, 0.25) is 0 Å². The topological polar surface area (TPSA) is 54.0 Å². The van der Waals surface area contributed by atoms with Crippen LogP contribution in [0.3, 0.4) is 0 Å². The minimum absolute atomic E-state index is 0.0181. The van der Waals surface area contributed by atoms with Gasteiger partial charge in [0.1, 0.15) is 11.5 Å². The van der Waals surface area contributed by atoms with Gasteiger partial charge < -0.3 is 18.8 Å². The van der Waals surface area contributed by atoms with Gasteiger partial charge in [-0.1, -0.05) is 30.3 Å². The molecule has 24 heavy (non-hydrogen) atoms. The van der Waals surface area contributed by atoms with Gasteiger partial charge in [0.15, 0.2) is 0 Å². The second-order valence-corrected chi connectivity index (χ2v) is 5.96. The van der Waals surface area contributed by atoms with E-state index >= 15 is 0 Å². The number of esters is 1. The molecular formula is C18H17BO5. The smallest absolute Gasteiger partial charge is 0.532 e. The van der Waals surface area contributed by atoms with Gasteiger partial charge in [-0.3, -0.25) is 4.79 Å². The first-order valence-corrected chi connectivity index (χ1v) is 7.94. The summed E-state index contributed by atoms with van der Waals surface area (Å²) < 4.78 is 22.3. The molecule has 1 atom stereocenters. The molecule has 1 unspecified atom stereocenters. The maximum atomic E-state index is 11.5. The molecule has 2 heterocycles. The van der Waals surface area contributed by atoms with E-state index in [-0.39, 0.29) is 11.9 Å². The predicted molar refractivity (Wildman–Crippen MR) is 88.6 cm³/mol. The average molecular weight is 324 g/mol. The highest BCUT2D eigenvalue weighted by molar-refractivity contribution is 6.62. The van der Waals surface area contributed by atoms with Crippen LogP contribution in [0, 0.1) is 0 Å². The highest BCUT2D eigenvalue weighted by Crippen LogP contribution is 2.41. The van der Waals surface area contributed by atoms with Crippen LogP contribution in [0.25, 0.3) is 0 Å². The summed E-state index contributed by atoms with van der Waals surface area (Å²) in [6, 6.07) is 13.8. The first kappa shape index (κ1) is 15.1. The molecule has 2 aliphatic rings. The molecule has 0 bridgehead atoms. The summed E-state index contributed by atoms with van der Waals surface area (Å²) in [5, 5.41) is 0. The van der Waals surface area contributed by atoms with Crippen molar-refractivity contribution < 1.29 is 23.6 Å². The lowest BCUT2D eigenvalue weighted by Gasteiger charge is -2.24. The van der Waals surface area contributed by atoms with Gasteiger partial charge in [0.05, 0.1) is 26.7 Å². The predicted octanol–water partition coefficient (Wildman–Crippen LogP) is 2.03. The van der Waals surface area contributed by atoms with Crippen LogP contribution in [-0.2, 0) is 20.8 Å². The fourth-order valence-electron chi connectivity index (χ4n) is 3.11. The quantitative estimate of drug-likeness (QED) is 0.639. The molecule has 0 aliphatic carbocycles. The number of benzene rings is 2. The molecule has 4 rings (SSSR count). The van der Waals surface area contributed by atoms with Gasteiger partial charge >= 0.3 is 13.1 Å². The van der Waals surface area contributed by atoms with Crippen molar-refractivity contribution in [2.75, 3.05) is 13.7 Å². The SMILES string of the molecule is COC(=O)CC1COc2cc3c(cc21)COB(c1ccccc1)O3. The number of rotatable bonds is 3. The van der Waals surface area contributed by atoms with Crippen molar-refractivity contribution in [2.24, 2.45) is 0 Å². The zero-order valence-electron chi connectivity index (χ0n) is 13.4. The zero-order valence-corrected chi connectivity index (χ0v) is 13.4. The molecule has 0 spiro atoms. The van der Waals surface area contributed by atoms with Crippen molar-refractivity contribution in [3.05, 3.63) is 53.6 Å². The van der Waals surface area contributed by atoms with E-state index in [0.29, 0.717) is 19.6 Å². The van der Waals surface area contributed by atoms with Crippen LogP contribution in [0.5, 0.6) is 11.5 Å². The van der Waals surface area contributed by atoms with E-state index in [1.54, 1.807) is 0 Å². The van der Waals surface area contributed by atoms with E-state index in [2.05, 4.69) is 0 Å². The van der Waals surface area contributed by atoms with Crippen LogP contribution in [0.1, 0.15) is 23.5 Å². The second kappa shape index (κ2) is 6.21. The van der Waals surface area contributed by atoms with E-state index in [1.165, 1.54) is 7.11 Å². The van der Waals surface area contributed by atoms with E-state index in [4.69, 9.17) is 18.8 Å². The molecule has 122 valence electrons. The second-order valence-electron chi connectivity index (χ2n) is 5.96. The molecule has 5 nitrogen and oxygen atoms in total. The normalized spacial score (nSPS) is 18.2. The summed E-state index contributed by atoms with van der Waals surface area (Å²) in [4.78, 5) is 11.5. The van der Waals surface area contributed by atoms with Crippen molar-refractivity contribution in [1.82, 2.24) is 0 Å². The van der Waals surface area contributed by atoms with Crippen LogP contribution >= 0.6 is 0 Å². The van der Waals surface area contributed by atoms with Crippen LogP contribution in [0.15, 0.2) is 42.5 Å². The lowest BCUT2D eigenvalue weighted by molar-refractivity contribution is -0.141. The number of carbonyl (C=O) groups excluding carboxylic acids is 1. The molecule has 2 aliphatic heterocycles. The lowest BCUT2D eigenvalue weighted by atomic mass is 9.77. The molecule has 0 saturated heterocycles. The Kier molecular flexibility index (Phi) is 3.90. The lowest BCUT2D eigenvalue weighted by Crippen LogP contribution is -2.42. The number of hydrogen-bond acceptors (Lipinski definition) is 5. The molecule has 0 fully saturated rings. The third kappa shape index (κ3) is 2.74. The average Bonchev–Trinajstić information content (AvgIpc) is 3.01. The Hall–Kier alpha value is -2.47. The number of ether oxygens (including phenoxy) is 2. The van der Waals surface area contributed by atoms with Gasteiger partial charge in [-0.2, -0.15) is 0 Å². The fourth-order valence-corrected chi connectivity index (χ4v) is 3.11. The summed E-state index contributed by atoms with van der Waals surface area (Å²) in [5.74, 6) is 1.33. The van der Waals surface area contributed by atoms with Crippen molar-refractivity contribution in [3.63, 3.8) is 0 Å². The molecule has 0 aromatic heterocycles. The van der Waals surface area contributed by atoms with Gasteiger partial charge in [-0.25, -0.2) is 0 Å². The van der Waals surface area contributed by atoms with Crippen LogP contribution in [-0.4, -0.2) is 26.8 Å². The minimum Gasteiger partial charge on any atom is -0.532 e. The molecule has 0 saturated carbocycles. The molecular weight excluding hydrogens is 307 g/mol. The Morgan fingerprint density at radius 1 is 1.25 bits per heavy atom. The van der Waals surface area contributed by atoms with Crippen LogP contribution in [0.4, 0.5) is 0 Å². The fraction of sp³-hybridized carbons (Fsp3) is 0.278. The van der Waals surface area contributed by atoms with Crippen LogP contribution < -0.4 is 14.9 Å². The molecule has 2 aromatic rings. The summed E-state index contributed by atoms with van der Waals surface area (Å²) in [5.41, 5.74) is 2.97. The third-order valence-corrected chi connectivity index (χ3v) is 4.41. The number of carbonyl (C=O) groups is 1. The van der Waals surface area contributed by atoms with Gasteiger partial charge in [0, 0.05) is 23.1 Å². The Morgan fingerprint density at radius 2 is 2.08 bits per heavy atom. The highest BCUT2D eigenvalue weighted by atomic mass is 16.6. The van der Waals surface area contributed by atoms with Crippen molar-refractivity contribution in [1.29, 1.82) is 0 Å². The summed E-state index contributed by atoms with van der Waals surface area (Å²) >= 11 is 0. The first-order chi connectivity index (χ1) is 11.7. The summed E-state index contributed by atoms with van der Waals surface area (Å²) in [6.07, 6.45) is 0.316. The summed E-state index contributed by atoms with van der Waals surface area (Å²) in [6.45, 7) is 0.948. The monoisotopic (exact) mass is 324 g/mol. The maximum Gasteiger partial charge on any atom is 0.563 e. The van der Waals surface area contributed by atoms with Crippen molar-refractivity contribution >= 4 is 18.6 Å². The Labute approximate surface area is 140 Å².